The van der Waals surface area contributed by atoms with E-state index in [1.807, 2.05) is 24.3 Å². The van der Waals surface area contributed by atoms with Crippen LogP contribution in [0, 0.1) is 5.92 Å². The van der Waals surface area contributed by atoms with Gasteiger partial charge in [0.2, 0.25) is 0 Å². The molecule has 2 atom stereocenters. The highest BCUT2D eigenvalue weighted by Gasteiger charge is 2.40. The summed E-state index contributed by atoms with van der Waals surface area (Å²) >= 11 is 5.21. The summed E-state index contributed by atoms with van der Waals surface area (Å²) in [6.45, 7) is 1.69. The minimum Gasteiger partial charge on any atom is -0.496 e. The van der Waals surface area contributed by atoms with E-state index < -0.39 is 17.9 Å². The van der Waals surface area contributed by atoms with Gasteiger partial charge in [0, 0.05) is 18.3 Å². The Morgan fingerprint density at radius 2 is 2.10 bits per heavy atom. The van der Waals surface area contributed by atoms with Crippen LogP contribution in [-0.4, -0.2) is 41.0 Å². The number of thiocarbonyl (C=S) groups is 1. The minimum atomic E-state index is -0.920. The van der Waals surface area contributed by atoms with Crippen LogP contribution in [0.1, 0.15) is 18.5 Å². The van der Waals surface area contributed by atoms with Gasteiger partial charge < -0.3 is 14.7 Å². The number of carboxylic acid groups (broad SMARTS) is 1. The Bertz CT molecular complexity index is 586. The van der Waals surface area contributed by atoms with Crippen LogP contribution in [-0.2, 0) is 4.79 Å². The second-order valence-electron chi connectivity index (χ2n) is 4.65. The van der Waals surface area contributed by atoms with E-state index in [0.717, 1.165) is 5.56 Å². The summed E-state index contributed by atoms with van der Waals surface area (Å²) in [5.74, 6) is -1.02. The van der Waals surface area contributed by atoms with Crippen LogP contribution in [0.2, 0.25) is 0 Å². The third-order valence-corrected chi connectivity index (χ3v) is 3.86. The van der Waals surface area contributed by atoms with Crippen LogP contribution < -0.4 is 4.74 Å². The molecule has 0 aromatic heterocycles. The van der Waals surface area contributed by atoms with Crippen molar-refractivity contribution in [2.75, 3.05) is 14.2 Å². The van der Waals surface area contributed by atoms with Gasteiger partial charge in [-0.2, -0.15) is 0 Å². The molecule has 1 aromatic carbocycles. The lowest BCUT2D eigenvalue weighted by molar-refractivity contribution is -0.141. The summed E-state index contributed by atoms with van der Waals surface area (Å²) in [4.78, 5) is 17.5. The smallest absolute Gasteiger partial charge is 0.314 e. The van der Waals surface area contributed by atoms with Gasteiger partial charge in [-0.25, -0.2) is 4.99 Å². The Hall–Kier alpha value is -1.95. The fourth-order valence-electron chi connectivity index (χ4n) is 2.48. The first-order valence-electron chi connectivity index (χ1n) is 6.15. The average molecular weight is 292 g/mol. The monoisotopic (exact) mass is 292 g/mol. The van der Waals surface area contributed by atoms with Gasteiger partial charge in [-0.15, -0.1) is 0 Å². The van der Waals surface area contributed by atoms with E-state index >= 15 is 0 Å². The Balaban J connectivity index is 2.58. The number of para-hydroxylation sites is 1. The van der Waals surface area contributed by atoms with Gasteiger partial charge >= 0.3 is 5.97 Å². The molecule has 0 fully saturated rings. The molecular formula is C14H16N2O3S. The zero-order valence-corrected chi connectivity index (χ0v) is 12.3. The van der Waals surface area contributed by atoms with Crippen molar-refractivity contribution in [2.45, 2.75) is 13.0 Å². The van der Waals surface area contributed by atoms with Crippen LogP contribution in [0.3, 0.4) is 0 Å². The maximum absolute atomic E-state index is 11.6. The van der Waals surface area contributed by atoms with E-state index in [1.165, 1.54) is 0 Å². The summed E-state index contributed by atoms with van der Waals surface area (Å²) in [7, 11) is 3.32. The number of rotatable bonds is 3. The standard InChI is InChI=1S/C14H16N2O3S/c1-8-11(13(17)18)12(16(2)14(20)15-8)9-6-4-5-7-10(9)19-3/h4-7,11-12H,1-3H3,(H,17,18). The van der Waals surface area contributed by atoms with Gasteiger partial charge in [0.1, 0.15) is 11.7 Å². The van der Waals surface area contributed by atoms with Gasteiger partial charge in [0.25, 0.3) is 0 Å². The van der Waals surface area contributed by atoms with Crippen LogP contribution >= 0.6 is 12.2 Å². The number of aliphatic carboxylic acids is 1. The fraction of sp³-hybridized carbons (Fsp3) is 0.357. The van der Waals surface area contributed by atoms with E-state index in [9.17, 15) is 9.90 Å². The topological polar surface area (TPSA) is 62.1 Å². The number of methoxy groups -OCH3 is 1. The van der Waals surface area contributed by atoms with Gasteiger partial charge in [0.15, 0.2) is 5.11 Å². The van der Waals surface area contributed by atoms with E-state index in [-0.39, 0.29) is 0 Å². The Morgan fingerprint density at radius 1 is 1.45 bits per heavy atom. The number of hydrogen-bond donors (Lipinski definition) is 1. The Morgan fingerprint density at radius 3 is 2.70 bits per heavy atom. The molecule has 0 spiro atoms. The molecule has 2 unspecified atom stereocenters. The van der Waals surface area contributed by atoms with Crippen LogP contribution in [0.4, 0.5) is 0 Å². The Kier molecular flexibility index (Phi) is 4.04. The number of carbonyl (C=O) groups is 1. The van der Waals surface area contributed by atoms with Crippen molar-refractivity contribution in [1.29, 1.82) is 0 Å². The van der Waals surface area contributed by atoms with Crippen molar-refractivity contribution in [2.24, 2.45) is 10.9 Å². The number of benzene rings is 1. The van der Waals surface area contributed by atoms with Crippen molar-refractivity contribution in [1.82, 2.24) is 4.90 Å². The summed E-state index contributed by atoms with van der Waals surface area (Å²) in [5, 5.41) is 9.90. The van der Waals surface area contributed by atoms with Crippen molar-refractivity contribution in [3.05, 3.63) is 29.8 Å². The summed E-state index contributed by atoms with van der Waals surface area (Å²) < 4.78 is 5.34. The van der Waals surface area contributed by atoms with Crippen molar-refractivity contribution in [3.63, 3.8) is 0 Å². The molecule has 1 aromatic rings. The van der Waals surface area contributed by atoms with Crippen molar-refractivity contribution >= 4 is 29.0 Å². The molecule has 0 radical (unpaired) electrons. The fourth-order valence-corrected chi connectivity index (χ4v) is 2.74. The molecule has 1 aliphatic rings. The zero-order chi connectivity index (χ0) is 14.9. The molecule has 0 amide bonds. The molecule has 1 aliphatic heterocycles. The van der Waals surface area contributed by atoms with Crippen molar-refractivity contribution < 1.29 is 14.6 Å². The minimum absolute atomic E-state index is 0.385. The van der Waals surface area contributed by atoms with Crippen LogP contribution in [0.25, 0.3) is 0 Å². The summed E-state index contributed by atoms with van der Waals surface area (Å²) in [5.41, 5.74) is 1.30. The first-order valence-corrected chi connectivity index (χ1v) is 6.56. The second-order valence-corrected chi connectivity index (χ2v) is 5.01. The number of hydrogen-bond acceptors (Lipinski definition) is 3. The van der Waals surface area contributed by atoms with E-state index in [4.69, 9.17) is 17.0 Å². The summed E-state index contributed by atoms with van der Waals surface area (Å²) in [6, 6.07) is 6.95. The highest BCUT2D eigenvalue weighted by atomic mass is 32.1. The number of aliphatic imine (C=N–C) groups is 1. The lowest BCUT2D eigenvalue weighted by atomic mass is 9.87. The lowest BCUT2D eigenvalue weighted by Gasteiger charge is -2.37. The molecule has 2 rings (SSSR count). The highest BCUT2D eigenvalue weighted by Crippen LogP contribution is 2.37. The summed E-state index contributed by atoms with van der Waals surface area (Å²) in [6.07, 6.45) is 0. The van der Waals surface area contributed by atoms with Crippen molar-refractivity contribution in [3.8, 4) is 5.75 Å². The molecule has 20 heavy (non-hydrogen) atoms. The molecular weight excluding hydrogens is 276 g/mol. The molecule has 1 N–H and O–H groups in total. The molecule has 0 bridgehead atoms. The Labute approximate surface area is 122 Å². The molecule has 1 heterocycles. The third-order valence-electron chi connectivity index (χ3n) is 3.48. The normalized spacial score (nSPS) is 22.4. The van der Waals surface area contributed by atoms with Gasteiger partial charge in [-0.05, 0) is 25.2 Å². The predicted molar refractivity (Wildman–Crippen MR) is 80.3 cm³/mol. The number of nitrogens with zero attached hydrogens (tertiary/aromatic N) is 2. The number of carboxylic acids is 1. The van der Waals surface area contributed by atoms with E-state index in [0.29, 0.717) is 16.6 Å². The first-order chi connectivity index (χ1) is 9.47. The molecule has 0 saturated heterocycles. The maximum atomic E-state index is 11.6. The SMILES string of the molecule is COc1ccccc1C1C(C(=O)O)C(C)=NC(=S)N1C. The van der Waals surface area contributed by atoms with Crippen LogP contribution in [0.5, 0.6) is 5.75 Å². The molecule has 0 saturated carbocycles. The van der Waals surface area contributed by atoms with Gasteiger partial charge in [-0.1, -0.05) is 18.2 Å². The zero-order valence-electron chi connectivity index (χ0n) is 11.5. The van der Waals surface area contributed by atoms with E-state index in [1.54, 1.807) is 26.0 Å². The molecule has 6 heteroatoms. The molecule has 0 aliphatic carbocycles. The van der Waals surface area contributed by atoms with Gasteiger partial charge in [0.05, 0.1) is 13.2 Å². The quantitative estimate of drug-likeness (QED) is 0.865. The third kappa shape index (κ3) is 2.38. The van der Waals surface area contributed by atoms with Gasteiger partial charge in [-0.3, -0.25) is 4.79 Å². The largest absolute Gasteiger partial charge is 0.496 e. The average Bonchev–Trinajstić information content (AvgIpc) is 2.42. The second kappa shape index (κ2) is 5.58. The molecule has 5 nitrogen and oxygen atoms in total. The van der Waals surface area contributed by atoms with E-state index in [2.05, 4.69) is 4.99 Å². The highest BCUT2D eigenvalue weighted by molar-refractivity contribution is 7.80. The maximum Gasteiger partial charge on any atom is 0.314 e. The first kappa shape index (κ1) is 14.5. The lowest BCUT2D eigenvalue weighted by Crippen LogP contribution is -2.44. The predicted octanol–water partition coefficient (Wildman–Crippen LogP) is 2.13. The van der Waals surface area contributed by atoms with Crippen LogP contribution in [0.15, 0.2) is 29.3 Å². The number of ether oxygens (including phenoxy) is 1. The molecule has 106 valence electrons.